The van der Waals surface area contributed by atoms with Gasteiger partial charge in [0.25, 0.3) is 0 Å². The highest BCUT2D eigenvalue weighted by molar-refractivity contribution is 7.80. The lowest BCUT2D eigenvalue weighted by Crippen LogP contribution is -2.46. The van der Waals surface area contributed by atoms with Crippen LogP contribution in [0.25, 0.3) is 10.2 Å². The molecule has 23 heavy (non-hydrogen) atoms. The van der Waals surface area contributed by atoms with Crippen molar-refractivity contribution in [1.82, 2.24) is 19.9 Å². The largest absolute Gasteiger partial charge is 0.338 e. The van der Waals surface area contributed by atoms with Crippen LogP contribution < -0.4 is 4.90 Å². The highest BCUT2D eigenvalue weighted by Gasteiger charge is 2.19. The number of anilines is 1. The summed E-state index contributed by atoms with van der Waals surface area (Å²) in [5.74, 6) is 0.798. The van der Waals surface area contributed by atoms with Gasteiger partial charge < -0.3 is 4.90 Å². The number of hydrogen-bond acceptors (Lipinski definition) is 7. The van der Waals surface area contributed by atoms with Crippen molar-refractivity contribution in [3.63, 3.8) is 0 Å². The van der Waals surface area contributed by atoms with Crippen molar-refractivity contribution in [2.45, 2.75) is 11.4 Å². The number of thiol groups is 1. The van der Waals surface area contributed by atoms with Crippen LogP contribution in [0.2, 0.25) is 0 Å². The molecular weight excluding hydrogens is 326 g/mol. The van der Waals surface area contributed by atoms with Gasteiger partial charge in [-0.1, -0.05) is 6.07 Å². The van der Waals surface area contributed by atoms with Gasteiger partial charge in [0.15, 0.2) is 0 Å². The first kappa shape index (κ1) is 14.9. The second-order valence-electron chi connectivity index (χ2n) is 5.66. The summed E-state index contributed by atoms with van der Waals surface area (Å²) in [4.78, 5) is 18.6. The quantitative estimate of drug-likeness (QED) is 0.741. The first-order valence-electron chi connectivity index (χ1n) is 7.58. The zero-order valence-corrected chi connectivity index (χ0v) is 14.3. The standard InChI is InChI=1S/C16H17N5S2/c22-13-8-17-16(18-9-13)21-5-3-20(4-6-21)10-12-1-2-15-14(7-12)19-11-23-15/h1-2,7-9,11,22H,3-6,10H2. The number of rotatable bonds is 3. The molecule has 1 saturated heterocycles. The number of thiazole rings is 1. The fourth-order valence-electron chi connectivity index (χ4n) is 2.84. The molecule has 118 valence electrons. The number of piperazine rings is 1. The van der Waals surface area contributed by atoms with Gasteiger partial charge >= 0.3 is 0 Å². The van der Waals surface area contributed by atoms with Crippen LogP contribution in [0.3, 0.4) is 0 Å². The van der Waals surface area contributed by atoms with Crippen molar-refractivity contribution >= 4 is 40.1 Å². The molecule has 0 N–H and O–H groups in total. The summed E-state index contributed by atoms with van der Waals surface area (Å²) < 4.78 is 1.25. The van der Waals surface area contributed by atoms with Crippen LogP contribution in [0.15, 0.2) is 41.0 Å². The molecule has 0 bridgehead atoms. The minimum atomic E-state index is 0.796. The average molecular weight is 343 g/mol. The van der Waals surface area contributed by atoms with E-state index in [1.54, 1.807) is 23.7 Å². The minimum absolute atomic E-state index is 0.796. The van der Waals surface area contributed by atoms with Crippen molar-refractivity contribution in [1.29, 1.82) is 0 Å². The second kappa shape index (κ2) is 6.43. The third kappa shape index (κ3) is 3.31. The Morgan fingerprint density at radius 3 is 2.61 bits per heavy atom. The molecule has 3 aromatic rings. The van der Waals surface area contributed by atoms with Crippen LogP contribution in [0.5, 0.6) is 0 Å². The number of hydrogen-bond donors (Lipinski definition) is 1. The van der Waals surface area contributed by atoms with E-state index in [0.29, 0.717) is 0 Å². The van der Waals surface area contributed by atoms with E-state index in [0.717, 1.165) is 49.1 Å². The Kier molecular flexibility index (Phi) is 4.15. The van der Waals surface area contributed by atoms with Gasteiger partial charge in [0.1, 0.15) is 0 Å². The topological polar surface area (TPSA) is 45.2 Å². The van der Waals surface area contributed by atoms with Crippen molar-refractivity contribution in [3.05, 3.63) is 41.7 Å². The number of benzene rings is 1. The molecule has 0 atom stereocenters. The Morgan fingerprint density at radius 1 is 1.04 bits per heavy atom. The van der Waals surface area contributed by atoms with Crippen LogP contribution in [-0.4, -0.2) is 46.0 Å². The van der Waals surface area contributed by atoms with E-state index >= 15 is 0 Å². The van der Waals surface area contributed by atoms with Crippen LogP contribution in [0.1, 0.15) is 5.56 Å². The van der Waals surface area contributed by atoms with E-state index in [1.807, 2.05) is 5.51 Å². The molecule has 5 nitrogen and oxygen atoms in total. The molecular formula is C16H17N5S2. The summed E-state index contributed by atoms with van der Waals surface area (Å²) >= 11 is 5.92. The minimum Gasteiger partial charge on any atom is -0.338 e. The molecule has 4 rings (SSSR count). The molecule has 0 unspecified atom stereocenters. The predicted molar refractivity (Wildman–Crippen MR) is 96.4 cm³/mol. The van der Waals surface area contributed by atoms with Crippen molar-refractivity contribution in [3.8, 4) is 0 Å². The van der Waals surface area contributed by atoms with E-state index < -0.39 is 0 Å². The molecule has 0 amide bonds. The maximum absolute atomic E-state index is 4.40. The third-order valence-corrected chi connectivity index (χ3v) is 5.12. The van der Waals surface area contributed by atoms with Gasteiger partial charge in [0, 0.05) is 50.0 Å². The third-order valence-electron chi connectivity index (χ3n) is 4.08. The highest BCUT2D eigenvalue weighted by Crippen LogP contribution is 2.20. The SMILES string of the molecule is Sc1cnc(N2CCN(Cc3ccc4scnc4c3)CC2)nc1. The van der Waals surface area contributed by atoms with E-state index in [9.17, 15) is 0 Å². The number of fused-ring (bicyclic) bond motifs is 1. The van der Waals surface area contributed by atoms with E-state index in [1.165, 1.54) is 10.3 Å². The Bertz CT molecular complexity index is 794. The smallest absolute Gasteiger partial charge is 0.225 e. The maximum Gasteiger partial charge on any atom is 0.225 e. The first-order chi connectivity index (χ1) is 11.3. The maximum atomic E-state index is 4.40. The van der Waals surface area contributed by atoms with E-state index in [-0.39, 0.29) is 0 Å². The number of aromatic nitrogens is 3. The molecule has 3 heterocycles. The molecule has 0 radical (unpaired) electrons. The normalized spacial score (nSPS) is 16.1. The monoisotopic (exact) mass is 343 g/mol. The Labute approximate surface area is 144 Å². The van der Waals surface area contributed by atoms with E-state index in [2.05, 4.69) is 55.6 Å². The van der Waals surface area contributed by atoms with Crippen molar-refractivity contribution < 1.29 is 0 Å². The fourth-order valence-corrected chi connectivity index (χ4v) is 3.62. The molecule has 1 aliphatic rings. The van der Waals surface area contributed by atoms with Gasteiger partial charge in [-0.3, -0.25) is 4.90 Å². The summed E-state index contributed by atoms with van der Waals surface area (Å²) in [6.45, 7) is 4.90. The number of nitrogens with zero attached hydrogens (tertiary/aromatic N) is 5. The molecule has 0 saturated carbocycles. The Hall–Kier alpha value is -1.70. The zero-order valence-electron chi connectivity index (χ0n) is 12.6. The van der Waals surface area contributed by atoms with Crippen LogP contribution >= 0.6 is 24.0 Å². The summed E-state index contributed by atoms with van der Waals surface area (Å²) in [5, 5.41) is 0. The molecule has 1 fully saturated rings. The van der Waals surface area contributed by atoms with Gasteiger partial charge in [0.05, 0.1) is 15.7 Å². The highest BCUT2D eigenvalue weighted by atomic mass is 32.1. The fraction of sp³-hybridized carbons (Fsp3) is 0.312. The van der Waals surface area contributed by atoms with Crippen LogP contribution in [0, 0.1) is 0 Å². The predicted octanol–water partition coefficient (Wildman–Crippen LogP) is 2.70. The second-order valence-corrected chi connectivity index (χ2v) is 7.06. The van der Waals surface area contributed by atoms with Gasteiger partial charge in [-0.15, -0.1) is 24.0 Å². The zero-order chi connectivity index (χ0) is 15.6. The summed E-state index contributed by atoms with van der Waals surface area (Å²) in [5.41, 5.74) is 4.34. The molecule has 7 heteroatoms. The van der Waals surface area contributed by atoms with Gasteiger partial charge in [0.2, 0.25) is 5.95 Å². The van der Waals surface area contributed by atoms with Gasteiger partial charge in [-0.25, -0.2) is 15.0 Å². The molecule has 2 aromatic heterocycles. The Morgan fingerprint density at radius 2 is 1.83 bits per heavy atom. The average Bonchev–Trinajstić information content (AvgIpc) is 3.04. The van der Waals surface area contributed by atoms with E-state index in [4.69, 9.17) is 0 Å². The lowest BCUT2D eigenvalue weighted by atomic mass is 10.2. The van der Waals surface area contributed by atoms with Crippen molar-refractivity contribution in [2.75, 3.05) is 31.1 Å². The molecule has 1 aliphatic heterocycles. The summed E-state index contributed by atoms with van der Waals surface area (Å²) in [6, 6.07) is 6.58. The summed E-state index contributed by atoms with van der Waals surface area (Å²) in [6.07, 6.45) is 3.50. The molecule has 0 aliphatic carbocycles. The lowest BCUT2D eigenvalue weighted by molar-refractivity contribution is 0.249. The summed E-state index contributed by atoms with van der Waals surface area (Å²) in [7, 11) is 0. The van der Waals surface area contributed by atoms with Gasteiger partial charge in [-0.05, 0) is 17.7 Å². The van der Waals surface area contributed by atoms with Crippen LogP contribution in [-0.2, 0) is 6.54 Å². The van der Waals surface area contributed by atoms with Crippen LogP contribution in [0.4, 0.5) is 5.95 Å². The van der Waals surface area contributed by atoms with Crippen molar-refractivity contribution in [2.24, 2.45) is 0 Å². The lowest BCUT2D eigenvalue weighted by Gasteiger charge is -2.34. The van der Waals surface area contributed by atoms with Gasteiger partial charge in [-0.2, -0.15) is 0 Å². The Balaban J connectivity index is 1.38. The first-order valence-corrected chi connectivity index (χ1v) is 8.91. The molecule has 0 spiro atoms. The molecule has 1 aromatic carbocycles.